The van der Waals surface area contributed by atoms with Crippen molar-refractivity contribution in [2.75, 3.05) is 37.7 Å². The van der Waals surface area contributed by atoms with E-state index in [4.69, 9.17) is 5.11 Å². The van der Waals surface area contributed by atoms with Gasteiger partial charge in [0.05, 0.1) is 0 Å². The molecule has 1 aromatic rings. The quantitative estimate of drug-likeness (QED) is 0.919. The van der Waals surface area contributed by atoms with Crippen LogP contribution in [-0.4, -0.2) is 53.7 Å². The number of carbonyl (C=O) groups is 1. The molecule has 2 fully saturated rings. The SMILES string of the molecule is O=C1CC[C@@]2(CCCN(c3ccccn3)C2)CN1CCCO. The van der Waals surface area contributed by atoms with Crippen LogP contribution in [0.3, 0.4) is 0 Å². The molecule has 0 saturated carbocycles. The van der Waals surface area contributed by atoms with Gasteiger partial charge in [-0.25, -0.2) is 4.98 Å². The number of hydrogen-bond acceptors (Lipinski definition) is 4. The second kappa shape index (κ2) is 6.65. The highest BCUT2D eigenvalue weighted by Gasteiger charge is 2.41. The summed E-state index contributed by atoms with van der Waals surface area (Å²) in [5.41, 5.74) is 0.194. The third kappa shape index (κ3) is 3.24. The minimum absolute atomic E-state index is 0.150. The maximum absolute atomic E-state index is 12.1. The molecule has 1 amide bonds. The smallest absolute Gasteiger partial charge is 0.222 e. The van der Waals surface area contributed by atoms with E-state index < -0.39 is 0 Å². The molecule has 0 bridgehead atoms. The molecule has 120 valence electrons. The van der Waals surface area contributed by atoms with Crippen molar-refractivity contribution in [1.82, 2.24) is 9.88 Å². The number of pyridine rings is 1. The fraction of sp³-hybridized carbons (Fsp3) is 0.647. The summed E-state index contributed by atoms with van der Waals surface area (Å²) >= 11 is 0. The van der Waals surface area contributed by atoms with E-state index in [1.54, 1.807) is 0 Å². The summed E-state index contributed by atoms with van der Waals surface area (Å²) in [4.78, 5) is 20.9. The van der Waals surface area contributed by atoms with Crippen LogP contribution in [0.1, 0.15) is 32.1 Å². The highest BCUT2D eigenvalue weighted by Crippen LogP contribution is 2.39. The van der Waals surface area contributed by atoms with Crippen LogP contribution in [-0.2, 0) is 4.79 Å². The number of aliphatic hydroxyl groups excluding tert-OH is 1. The van der Waals surface area contributed by atoms with Gasteiger partial charge in [-0.15, -0.1) is 0 Å². The number of piperidine rings is 2. The number of aliphatic hydroxyl groups is 1. The van der Waals surface area contributed by atoms with E-state index in [0.717, 1.165) is 38.3 Å². The van der Waals surface area contributed by atoms with Crippen LogP contribution < -0.4 is 4.90 Å². The fourth-order valence-corrected chi connectivity index (χ4v) is 3.85. The number of hydrogen-bond donors (Lipinski definition) is 1. The zero-order valence-corrected chi connectivity index (χ0v) is 13.1. The topological polar surface area (TPSA) is 56.7 Å². The van der Waals surface area contributed by atoms with Crippen molar-refractivity contribution in [3.05, 3.63) is 24.4 Å². The second-order valence-corrected chi connectivity index (χ2v) is 6.61. The van der Waals surface area contributed by atoms with Gasteiger partial charge in [-0.05, 0) is 37.8 Å². The van der Waals surface area contributed by atoms with Crippen LogP contribution >= 0.6 is 0 Å². The summed E-state index contributed by atoms with van der Waals surface area (Å²) in [5.74, 6) is 1.29. The molecule has 0 radical (unpaired) electrons. The van der Waals surface area contributed by atoms with Crippen LogP contribution in [0, 0.1) is 5.41 Å². The number of likely N-dealkylation sites (tertiary alicyclic amines) is 1. The summed E-state index contributed by atoms with van der Waals surface area (Å²) in [6, 6.07) is 6.04. The van der Waals surface area contributed by atoms with Gasteiger partial charge in [0, 0.05) is 50.8 Å². The largest absolute Gasteiger partial charge is 0.396 e. The normalized spacial score (nSPS) is 25.8. The Morgan fingerprint density at radius 3 is 2.95 bits per heavy atom. The van der Waals surface area contributed by atoms with Gasteiger partial charge < -0.3 is 14.9 Å². The maximum atomic E-state index is 12.1. The summed E-state index contributed by atoms with van der Waals surface area (Å²) < 4.78 is 0. The van der Waals surface area contributed by atoms with Crippen LogP contribution in [0.5, 0.6) is 0 Å². The summed E-state index contributed by atoms with van der Waals surface area (Å²) in [5, 5.41) is 9.02. The number of amides is 1. The Kier molecular flexibility index (Phi) is 4.62. The highest BCUT2D eigenvalue weighted by atomic mass is 16.3. The molecule has 3 heterocycles. The van der Waals surface area contributed by atoms with Gasteiger partial charge in [0.2, 0.25) is 5.91 Å². The minimum Gasteiger partial charge on any atom is -0.396 e. The van der Waals surface area contributed by atoms with Gasteiger partial charge >= 0.3 is 0 Å². The Balaban J connectivity index is 1.71. The molecule has 1 N–H and O–H groups in total. The predicted octanol–water partition coefficient (Wildman–Crippen LogP) is 1.67. The molecule has 0 unspecified atom stereocenters. The molecule has 1 atom stereocenters. The molecule has 1 spiro atoms. The van der Waals surface area contributed by atoms with E-state index in [2.05, 4.69) is 16.0 Å². The lowest BCUT2D eigenvalue weighted by atomic mass is 9.73. The van der Waals surface area contributed by atoms with Crippen molar-refractivity contribution >= 4 is 11.7 Å². The van der Waals surface area contributed by atoms with E-state index in [9.17, 15) is 4.79 Å². The lowest BCUT2D eigenvalue weighted by molar-refractivity contribution is -0.138. The standard InChI is InChI=1S/C17H25N3O2/c21-12-4-11-20-14-17(8-6-16(20)22)7-3-10-19(13-17)15-5-1-2-9-18-15/h1-2,5,9,21H,3-4,6-8,10-14H2/t17-/m1/s1. The lowest BCUT2D eigenvalue weighted by Crippen LogP contribution is -2.54. The first-order chi connectivity index (χ1) is 10.7. The Bertz CT molecular complexity index is 508. The Morgan fingerprint density at radius 2 is 2.18 bits per heavy atom. The molecule has 2 saturated heterocycles. The molecule has 22 heavy (non-hydrogen) atoms. The monoisotopic (exact) mass is 303 g/mol. The number of carbonyl (C=O) groups excluding carboxylic acids is 1. The molecule has 5 heteroatoms. The van der Waals surface area contributed by atoms with Crippen LogP contribution in [0.25, 0.3) is 0 Å². The van der Waals surface area contributed by atoms with E-state index >= 15 is 0 Å². The predicted molar refractivity (Wildman–Crippen MR) is 85.6 cm³/mol. The van der Waals surface area contributed by atoms with E-state index in [1.165, 1.54) is 6.42 Å². The second-order valence-electron chi connectivity index (χ2n) is 6.61. The molecule has 2 aliphatic rings. The van der Waals surface area contributed by atoms with Gasteiger partial charge in [-0.2, -0.15) is 0 Å². The Morgan fingerprint density at radius 1 is 1.27 bits per heavy atom. The minimum atomic E-state index is 0.150. The molecule has 2 aliphatic heterocycles. The van der Waals surface area contributed by atoms with Gasteiger partial charge in [0.1, 0.15) is 5.82 Å². The first-order valence-electron chi connectivity index (χ1n) is 8.27. The number of aromatic nitrogens is 1. The lowest BCUT2D eigenvalue weighted by Gasteiger charge is -2.48. The van der Waals surface area contributed by atoms with Crippen LogP contribution in [0.15, 0.2) is 24.4 Å². The molecular formula is C17H25N3O2. The summed E-state index contributed by atoms with van der Waals surface area (Å²) in [7, 11) is 0. The number of rotatable bonds is 4. The molecule has 5 nitrogen and oxygen atoms in total. The van der Waals surface area contributed by atoms with Crippen LogP contribution in [0.4, 0.5) is 5.82 Å². The van der Waals surface area contributed by atoms with Crippen molar-refractivity contribution in [1.29, 1.82) is 0 Å². The molecule has 1 aromatic heterocycles. The van der Waals surface area contributed by atoms with Crippen molar-refractivity contribution in [2.24, 2.45) is 5.41 Å². The Labute approximate surface area is 131 Å². The highest BCUT2D eigenvalue weighted by molar-refractivity contribution is 5.77. The zero-order chi connectivity index (χ0) is 15.4. The summed E-state index contributed by atoms with van der Waals surface area (Å²) in [6.45, 7) is 3.68. The third-order valence-corrected chi connectivity index (χ3v) is 4.97. The van der Waals surface area contributed by atoms with Crippen LogP contribution in [0.2, 0.25) is 0 Å². The van der Waals surface area contributed by atoms with E-state index in [1.807, 2.05) is 23.2 Å². The van der Waals surface area contributed by atoms with E-state index in [0.29, 0.717) is 19.4 Å². The van der Waals surface area contributed by atoms with Crippen molar-refractivity contribution in [3.63, 3.8) is 0 Å². The van der Waals surface area contributed by atoms with Crippen molar-refractivity contribution < 1.29 is 9.90 Å². The number of anilines is 1. The fourth-order valence-electron chi connectivity index (χ4n) is 3.85. The zero-order valence-electron chi connectivity index (χ0n) is 13.1. The van der Waals surface area contributed by atoms with Crippen molar-refractivity contribution in [3.8, 4) is 0 Å². The van der Waals surface area contributed by atoms with Gasteiger partial charge in [0.15, 0.2) is 0 Å². The first kappa shape index (κ1) is 15.3. The van der Waals surface area contributed by atoms with Gasteiger partial charge in [-0.1, -0.05) is 6.07 Å². The number of nitrogens with zero attached hydrogens (tertiary/aromatic N) is 3. The molecule has 0 aliphatic carbocycles. The molecular weight excluding hydrogens is 278 g/mol. The van der Waals surface area contributed by atoms with E-state index in [-0.39, 0.29) is 17.9 Å². The van der Waals surface area contributed by atoms with Gasteiger partial charge in [0.25, 0.3) is 0 Å². The maximum Gasteiger partial charge on any atom is 0.222 e. The third-order valence-electron chi connectivity index (χ3n) is 4.97. The van der Waals surface area contributed by atoms with Crippen molar-refractivity contribution in [2.45, 2.75) is 32.1 Å². The average molecular weight is 303 g/mol. The molecule has 0 aromatic carbocycles. The molecule has 3 rings (SSSR count). The first-order valence-corrected chi connectivity index (χ1v) is 8.27. The Hall–Kier alpha value is -1.62. The summed E-state index contributed by atoms with van der Waals surface area (Å²) in [6.07, 6.45) is 6.46. The average Bonchev–Trinajstić information content (AvgIpc) is 2.57. The van der Waals surface area contributed by atoms with Gasteiger partial charge in [-0.3, -0.25) is 4.79 Å².